The van der Waals surface area contributed by atoms with Crippen LogP contribution in [0.15, 0.2) is 29.4 Å². The quantitative estimate of drug-likeness (QED) is 0.592. The Hall–Kier alpha value is -2.06. The molecule has 0 saturated heterocycles. The number of imidazole rings is 1. The number of benzene rings is 1. The average molecular weight is 341 g/mol. The molecule has 1 aromatic carbocycles. The van der Waals surface area contributed by atoms with Gasteiger partial charge in [-0.3, -0.25) is 4.57 Å². The lowest BCUT2D eigenvalue weighted by atomic mass is 10.3. The van der Waals surface area contributed by atoms with E-state index in [1.165, 1.54) is 6.92 Å². The summed E-state index contributed by atoms with van der Waals surface area (Å²) in [5.74, 6) is 0.0270. The van der Waals surface area contributed by atoms with Crippen molar-refractivity contribution in [2.45, 2.75) is 39.5 Å². The molecular formula is C16H21F2N3O3. The lowest BCUT2D eigenvalue weighted by Gasteiger charge is -2.12. The number of hydrogen-bond acceptors (Lipinski definition) is 5. The van der Waals surface area contributed by atoms with Gasteiger partial charge in [-0.05, 0) is 32.9 Å². The summed E-state index contributed by atoms with van der Waals surface area (Å²) in [6, 6.07) is 6.61. The molecule has 1 aromatic heterocycles. The zero-order chi connectivity index (χ0) is 17.7. The fourth-order valence-electron chi connectivity index (χ4n) is 2.11. The van der Waals surface area contributed by atoms with Gasteiger partial charge in [0.2, 0.25) is 0 Å². The van der Waals surface area contributed by atoms with Crippen molar-refractivity contribution in [1.82, 2.24) is 9.55 Å². The molecule has 0 amide bonds. The molecule has 2 rings (SSSR count). The van der Waals surface area contributed by atoms with E-state index in [4.69, 9.17) is 9.57 Å². The van der Waals surface area contributed by atoms with E-state index in [1.807, 2.05) is 13.8 Å². The van der Waals surface area contributed by atoms with E-state index in [1.54, 1.807) is 24.3 Å². The normalized spacial score (nSPS) is 13.9. The molecule has 1 unspecified atom stereocenters. The van der Waals surface area contributed by atoms with Gasteiger partial charge < -0.3 is 14.7 Å². The Morgan fingerprint density at radius 3 is 2.67 bits per heavy atom. The van der Waals surface area contributed by atoms with Gasteiger partial charge in [-0.15, -0.1) is 0 Å². The fourth-order valence-corrected chi connectivity index (χ4v) is 2.11. The topological polar surface area (TPSA) is 68.9 Å². The van der Waals surface area contributed by atoms with Crippen molar-refractivity contribution in [2.24, 2.45) is 5.16 Å². The lowest BCUT2D eigenvalue weighted by molar-refractivity contribution is -0.0346. The molecule has 2 aromatic rings. The summed E-state index contributed by atoms with van der Waals surface area (Å²) < 4.78 is 32.7. The SMILES string of the molecule is C/C(=N/OCC(O)COC(C)C)c1nc2ccccc2n1C(F)F. The number of para-hydroxylation sites is 2. The Balaban J connectivity index is 2.10. The second kappa shape index (κ2) is 8.16. The van der Waals surface area contributed by atoms with Gasteiger partial charge in [0.05, 0.1) is 23.7 Å². The number of fused-ring (bicyclic) bond motifs is 1. The molecule has 0 bridgehead atoms. The number of nitrogens with zero attached hydrogens (tertiary/aromatic N) is 3. The molecule has 6 nitrogen and oxygen atoms in total. The van der Waals surface area contributed by atoms with Gasteiger partial charge in [0.15, 0.2) is 5.82 Å². The van der Waals surface area contributed by atoms with Gasteiger partial charge in [0.25, 0.3) is 0 Å². The maximum Gasteiger partial charge on any atom is 0.320 e. The fraction of sp³-hybridized carbons (Fsp3) is 0.500. The van der Waals surface area contributed by atoms with Gasteiger partial charge in [-0.25, -0.2) is 4.98 Å². The van der Waals surface area contributed by atoms with Crippen molar-refractivity contribution in [3.63, 3.8) is 0 Å². The summed E-state index contributed by atoms with van der Waals surface area (Å²) in [7, 11) is 0. The van der Waals surface area contributed by atoms with E-state index >= 15 is 0 Å². The Bertz CT molecular complexity index is 701. The van der Waals surface area contributed by atoms with Crippen LogP contribution < -0.4 is 0 Å². The summed E-state index contributed by atoms with van der Waals surface area (Å²) in [6.45, 7) is 2.50. The maximum absolute atomic E-state index is 13.3. The lowest BCUT2D eigenvalue weighted by Crippen LogP contribution is -2.23. The molecule has 0 aliphatic carbocycles. The van der Waals surface area contributed by atoms with Crippen LogP contribution in [0.4, 0.5) is 8.78 Å². The van der Waals surface area contributed by atoms with Crippen molar-refractivity contribution in [1.29, 1.82) is 0 Å². The average Bonchev–Trinajstić information content (AvgIpc) is 2.92. The molecular weight excluding hydrogens is 320 g/mol. The van der Waals surface area contributed by atoms with Crippen LogP contribution in [-0.2, 0) is 9.57 Å². The predicted molar refractivity (Wildman–Crippen MR) is 86.2 cm³/mol. The van der Waals surface area contributed by atoms with E-state index in [0.717, 1.165) is 4.57 Å². The van der Waals surface area contributed by atoms with Gasteiger partial charge in [-0.1, -0.05) is 17.3 Å². The Morgan fingerprint density at radius 1 is 1.29 bits per heavy atom. The first kappa shape index (κ1) is 18.3. The van der Waals surface area contributed by atoms with Gasteiger partial charge >= 0.3 is 6.55 Å². The zero-order valence-corrected chi connectivity index (χ0v) is 13.8. The van der Waals surface area contributed by atoms with Crippen LogP contribution >= 0.6 is 0 Å². The minimum atomic E-state index is -2.75. The van der Waals surface area contributed by atoms with Crippen LogP contribution in [0.25, 0.3) is 11.0 Å². The number of alkyl halides is 2. The van der Waals surface area contributed by atoms with Crippen LogP contribution in [0, 0.1) is 0 Å². The third kappa shape index (κ3) is 4.48. The van der Waals surface area contributed by atoms with Gasteiger partial charge in [0, 0.05) is 0 Å². The highest BCUT2D eigenvalue weighted by Gasteiger charge is 2.19. The van der Waals surface area contributed by atoms with Crippen molar-refractivity contribution >= 4 is 16.7 Å². The standard InChI is InChI=1S/C16H21F2N3O3/c1-10(2)23-8-12(22)9-24-20-11(3)15-19-13-6-4-5-7-14(13)21(15)16(17)18/h4-7,10,12,16,22H,8-9H2,1-3H3/b20-11-. The predicted octanol–water partition coefficient (Wildman–Crippen LogP) is 2.96. The molecule has 0 saturated carbocycles. The highest BCUT2D eigenvalue weighted by molar-refractivity contribution is 5.98. The molecule has 0 fully saturated rings. The van der Waals surface area contributed by atoms with Gasteiger partial charge in [0.1, 0.15) is 18.4 Å². The summed E-state index contributed by atoms with van der Waals surface area (Å²) in [5, 5.41) is 13.5. The largest absolute Gasteiger partial charge is 0.393 e. The molecule has 24 heavy (non-hydrogen) atoms. The third-order valence-electron chi connectivity index (χ3n) is 3.20. The molecule has 0 aliphatic rings. The minimum Gasteiger partial charge on any atom is -0.393 e. The van der Waals surface area contributed by atoms with Crippen LogP contribution in [0.3, 0.4) is 0 Å². The number of hydrogen-bond donors (Lipinski definition) is 1. The molecule has 1 atom stereocenters. The minimum absolute atomic E-state index is 0.00386. The highest BCUT2D eigenvalue weighted by Crippen LogP contribution is 2.23. The maximum atomic E-state index is 13.3. The summed E-state index contributed by atoms with van der Waals surface area (Å²) in [5.41, 5.74) is 0.971. The summed E-state index contributed by atoms with van der Waals surface area (Å²) in [4.78, 5) is 9.21. The number of rotatable bonds is 8. The Labute approximate surface area is 138 Å². The first-order valence-corrected chi connectivity index (χ1v) is 7.62. The monoisotopic (exact) mass is 341 g/mol. The van der Waals surface area contributed by atoms with E-state index in [-0.39, 0.29) is 30.9 Å². The molecule has 132 valence electrons. The van der Waals surface area contributed by atoms with Crippen LogP contribution in [0.1, 0.15) is 33.1 Å². The third-order valence-corrected chi connectivity index (χ3v) is 3.20. The zero-order valence-electron chi connectivity index (χ0n) is 13.8. The molecule has 0 radical (unpaired) electrons. The number of aromatic nitrogens is 2. The van der Waals surface area contributed by atoms with E-state index in [2.05, 4.69) is 10.1 Å². The smallest absolute Gasteiger partial charge is 0.320 e. The van der Waals surface area contributed by atoms with Crippen molar-refractivity contribution in [3.8, 4) is 0 Å². The van der Waals surface area contributed by atoms with Crippen LogP contribution in [0.5, 0.6) is 0 Å². The Kier molecular flexibility index (Phi) is 6.22. The van der Waals surface area contributed by atoms with Crippen molar-refractivity contribution in [2.75, 3.05) is 13.2 Å². The van der Waals surface area contributed by atoms with E-state index in [9.17, 15) is 13.9 Å². The number of ether oxygens (including phenoxy) is 1. The molecule has 0 aliphatic heterocycles. The summed E-state index contributed by atoms with van der Waals surface area (Å²) in [6.07, 6.45) is -0.853. The van der Waals surface area contributed by atoms with Crippen molar-refractivity contribution in [3.05, 3.63) is 30.1 Å². The van der Waals surface area contributed by atoms with E-state index in [0.29, 0.717) is 11.0 Å². The summed E-state index contributed by atoms with van der Waals surface area (Å²) >= 11 is 0. The van der Waals surface area contributed by atoms with E-state index < -0.39 is 12.7 Å². The molecule has 0 spiro atoms. The Morgan fingerprint density at radius 2 is 2.00 bits per heavy atom. The van der Waals surface area contributed by atoms with Crippen LogP contribution in [0.2, 0.25) is 0 Å². The number of halogens is 2. The number of aliphatic hydroxyl groups is 1. The van der Waals surface area contributed by atoms with Crippen LogP contribution in [-0.4, -0.2) is 45.8 Å². The molecule has 8 heteroatoms. The second-order valence-electron chi connectivity index (χ2n) is 5.58. The molecule has 1 N–H and O–H groups in total. The highest BCUT2D eigenvalue weighted by atomic mass is 19.3. The second-order valence-corrected chi connectivity index (χ2v) is 5.58. The van der Waals surface area contributed by atoms with Gasteiger partial charge in [-0.2, -0.15) is 8.78 Å². The molecule has 1 heterocycles. The number of aliphatic hydroxyl groups excluding tert-OH is 1. The first-order valence-electron chi connectivity index (χ1n) is 7.62. The number of oxime groups is 1. The first-order chi connectivity index (χ1) is 11.4. The van der Waals surface area contributed by atoms with Crippen molar-refractivity contribution < 1.29 is 23.5 Å².